The van der Waals surface area contributed by atoms with E-state index >= 15 is 8.78 Å². The van der Waals surface area contributed by atoms with Crippen LogP contribution in [0.25, 0.3) is 10.9 Å². The fourth-order valence-corrected chi connectivity index (χ4v) is 11.0. The third-order valence-electron chi connectivity index (χ3n) is 14.5. The first-order chi connectivity index (χ1) is 30.4. The number of para-hydroxylation sites is 1. The molecule has 2 unspecified atom stereocenters. The topological polar surface area (TPSA) is 109 Å². The number of nitrogens with one attached hydrogen (secondary N) is 2. The van der Waals surface area contributed by atoms with E-state index in [1.54, 1.807) is 17.0 Å². The van der Waals surface area contributed by atoms with Gasteiger partial charge in [0, 0.05) is 80.0 Å². The summed E-state index contributed by atoms with van der Waals surface area (Å²) in [5.74, 6) is -1.53. The second kappa shape index (κ2) is 19.0. The number of carbonyl (C=O) groups excluding carboxylic acids is 4. The van der Waals surface area contributed by atoms with Crippen LogP contribution in [0.5, 0.6) is 0 Å². The molecule has 0 radical (unpaired) electrons. The maximum Gasteiger partial charge on any atom is 0.254 e. The van der Waals surface area contributed by atoms with Gasteiger partial charge in [-0.05, 0) is 136 Å². The lowest BCUT2D eigenvalue weighted by Gasteiger charge is -2.41. The molecule has 0 bridgehead atoms. The summed E-state index contributed by atoms with van der Waals surface area (Å²) in [7, 11) is 3.04. The van der Waals surface area contributed by atoms with E-state index < -0.39 is 42.6 Å². The molecule has 1 saturated carbocycles. The summed E-state index contributed by atoms with van der Waals surface area (Å²) < 4.78 is 60.5. The predicted molar refractivity (Wildman–Crippen MR) is 233 cm³/mol. The SMILES string of the molecule is CNC(=O)CCC(C=O)N(C)C(=O)c1cc2c(cc1C=O)CN(C1CCN(CC3CCC(c4cc(F)c(C5c6[nH]c7ccccc7c6C[C@@H](C)N5CC(F)F)c(F)c4)CC3)CC1)C2. The monoisotopic (exact) mass is 870 g/mol. The second-order valence-electron chi connectivity index (χ2n) is 18.3. The normalized spacial score (nSPS) is 22.8. The highest BCUT2D eigenvalue weighted by atomic mass is 19.3. The van der Waals surface area contributed by atoms with E-state index in [0.29, 0.717) is 55.3 Å². The van der Waals surface area contributed by atoms with Crippen molar-refractivity contribution in [2.75, 3.05) is 40.3 Å². The minimum Gasteiger partial charge on any atom is -0.359 e. The highest BCUT2D eigenvalue weighted by Gasteiger charge is 2.40. The number of nitrogens with zero attached hydrogens (tertiary/aromatic N) is 4. The Bertz CT molecular complexity index is 2310. The number of piperidine rings is 1. The molecule has 1 saturated heterocycles. The molecule has 2 amide bonds. The Balaban J connectivity index is 0.856. The number of carbonyl (C=O) groups is 4. The number of benzene rings is 3. The van der Waals surface area contributed by atoms with E-state index in [2.05, 4.69) is 20.1 Å². The zero-order valence-electron chi connectivity index (χ0n) is 36.4. The lowest BCUT2D eigenvalue weighted by molar-refractivity contribution is -0.121. The molecule has 3 aliphatic heterocycles. The van der Waals surface area contributed by atoms with Crippen LogP contribution < -0.4 is 5.32 Å². The van der Waals surface area contributed by atoms with Gasteiger partial charge in [-0.1, -0.05) is 18.2 Å². The zero-order valence-corrected chi connectivity index (χ0v) is 36.4. The molecule has 336 valence electrons. The molecule has 2 N–H and O–H groups in total. The smallest absolute Gasteiger partial charge is 0.254 e. The van der Waals surface area contributed by atoms with E-state index in [1.165, 1.54) is 31.1 Å². The summed E-state index contributed by atoms with van der Waals surface area (Å²) in [6.45, 7) is 5.50. The lowest BCUT2D eigenvalue weighted by atomic mass is 9.77. The fraction of sp³-hybridized carbons (Fsp3) is 0.510. The van der Waals surface area contributed by atoms with Crippen molar-refractivity contribution in [3.63, 3.8) is 0 Å². The summed E-state index contributed by atoms with van der Waals surface area (Å²) in [5, 5.41) is 3.47. The van der Waals surface area contributed by atoms with Gasteiger partial charge in [0.05, 0.1) is 24.2 Å². The van der Waals surface area contributed by atoms with E-state index in [-0.39, 0.29) is 47.4 Å². The molecule has 0 spiro atoms. The third-order valence-corrected chi connectivity index (χ3v) is 14.5. The Kier molecular flexibility index (Phi) is 13.5. The van der Waals surface area contributed by atoms with Crippen LogP contribution in [-0.4, -0.2) is 114 Å². The van der Waals surface area contributed by atoms with E-state index in [9.17, 15) is 28.0 Å². The number of aldehydes is 2. The average Bonchev–Trinajstić information content (AvgIpc) is 3.87. The number of rotatable bonds is 14. The van der Waals surface area contributed by atoms with Crippen LogP contribution in [0.3, 0.4) is 0 Å². The molecule has 3 aromatic carbocycles. The third kappa shape index (κ3) is 9.22. The number of likely N-dealkylation sites (tertiary alicyclic amines) is 1. The number of halogens is 4. The molecular weight excluding hydrogens is 813 g/mol. The maximum absolute atomic E-state index is 16.3. The largest absolute Gasteiger partial charge is 0.359 e. The quantitative estimate of drug-likeness (QED) is 0.0985. The van der Waals surface area contributed by atoms with Crippen molar-refractivity contribution in [1.82, 2.24) is 29.9 Å². The van der Waals surface area contributed by atoms with Gasteiger partial charge in [-0.25, -0.2) is 17.6 Å². The molecule has 1 aliphatic carbocycles. The molecule has 4 aliphatic rings. The minimum absolute atomic E-state index is 0.0179. The van der Waals surface area contributed by atoms with Crippen LogP contribution in [0, 0.1) is 17.6 Å². The van der Waals surface area contributed by atoms with Crippen molar-refractivity contribution in [1.29, 1.82) is 0 Å². The Morgan fingerprint density at radius 3 is 2.29 bits per heavy atom. The van der Waals surface area contributed by atoms with Gasteiger partial charge < -0.3 is 24.9 Å². The average molecular weight is 871 g/mol. The molecule has 4 heterocycles. The Labute approximate surface area is 366 Å². The van der Waals surface area contributed by atoms with Crippen molar-refractivity contribution < 1.29 is 36.7 Å². The van der Waals surface area contributed by atoms with E-state index in [4.69, 9.17) is 0 Å². The second-order valence-corrected chi connectivity index (χ2v) is 18.3. The van der Waals surface area contributed by atoms with Gasteiger partial charge in [0.15, 0.2) is 6.29 Å². The van der Waals surface area contributed by atoms with Crippen molar-refractivity contribution >= 4 is 35.3 Å². The Hall–Kier alpha value is -4.92. The molecule has 2 fully saturated rings. The van der Waals surface area contributed by atoms with Crippen LogP contribution in [0.1, 0.15) is 124 Å². The first-order valence-corrected chi connectivity index (χ1v) is 22.5. The Morgan fingerprint density at radius 1 is 0.952 bits per heavy atom. The number of aromatic nitrogens is 1. The number of likely N-dealkylation sites (N-methyl/N-ethyl adjacent to an activating group) is 1. The van der Waals surface area contributed by atoms with Gasteiger partial charge in [0.25, 0.3) is 12.3 Å². The van der Waals surface area contributed by atoms with Gasteiger partial charge in [0.1, 0.15) is 17.9 Å². The first kappa shape index (κ1) is 44.7. The number of hydrogen-bond acceptors (Lipinski definition) is 7. The molecular formula is C49H58F4N6O4. The number of aromatic amines is 1. The van der Waals surface area contributed by atoms with Crippen molar-refractivity contribution in [3.8, 4) is 0 Å². The van der Waals surface area contributed by atoms with Gasteiger partial charge in [0.2, 0.25) is 5.91 Å². The van der Waals surface area contributed by atoms with Crippen molar-refractivity contribution in [2.45, 2.75) is 114 Å². The fourth-order valence-electron chi connectivity index (χ4n) is 11.0. The van der Waals surface area contributed by atoms with Crippen LogP contribution in [0.15, 0.2) is 48.5 Å². The summed E-state index contributed by atoms with van der Waals surface area (Å²) in [6.07, 6.45) is 5.01. The summed E-state index contributed by atoms with van der Waals surface area (Å²) in [6, 6.07) is 12.4. The maximum atomic E-state index is 16.3. The molecule has 4 aromatic rings. The highest BCUT2D eigenvalue weighted by molar-refractivity contribution is 6.02. The molecule has 14 heteroatoms. The van der Waals surface area contributed by atoms with E-state index in [1.807, 2.05) is 31.2 Å². The van der Waals surface area contributed by atoms with Crippen LogP contribution in [-0.2, 0) is 29.1 Å². The highest BCUT2D eigenvalue weighted by Crippen LogP contribution is 2.44. The zero-order chi connectivity index (χ0) is 44.5. The Morgan fingerprint density at radius 2 is 1.63 bits per heavy atom. The summed E-state index contributed by atoms with van der Waals surface area (Å²) in [5.41, 5.74) is 5.35. The number of H-pyrrole nitrogens is 1. The van der Waals surface area contributed by atoms with Crippen LogP contribution in [0.4, 0.5) is 17.6 Å². The van der Waals surface area contributed by atoms with Crippen LogP contribution >= 0.6 is 0 Å². The van der Waals surface area contributed by atoms with Gasteiger partial charge >= 0.3 is 0 Å². The number of fused-ring (bicyclic) bond motifs is 4. The number of amides is 2. The summed E-state index contributed by atoms with van der Waals surface area (Å²) >= 11 is 0. The van der Waals surface area contributed by atoms with Crippen molar-refractivity contribution in [3.05, 3.63) is 105 Å². The molecule has 10 nitrogen and oxygen atoms in total. The lowest BCUT2D eigenvalue weighted by Crippen LogP contribution is -2.45. The van der Waals surface area contributed by atoms with E-state index in [0.717, 1.165) is 85.8 Å². The molecule has 1 aromatic heterocycles. The first-order valence-electron chi connectivity index (χ1n) is 22.5. The van der Waals surface area contributed by atoms with Gasteiger partial charge in [-0.3, -0.25) is 24.2 Å². The molecule has 3 atom stereocenters. The molecule has 8 rings (SSSR count). The molecule has 63 heavy (non-hydrogen) atoms. The summed E-state index contributed by atoms with van der Waals surface area (Å²) in [4.78, 5) is 60.5. The predicted octanol–water partition coefficient (Wildman–Crippen LogP) is 7.78. The van der Waals surface area contributed by atoms with Gasteiger partial charge in [-0.15, -0.1) is 0 Å². The van der Waals surface area contributed by atoms with Gasteiger partial charge in [-0.2, -0.15) is 0 Å². The number of alkyl halides is 2. The van der Waals surface area contributed by atoms with Crippen LogP contribution in [0.2, 0.25) is 0 Å². The minimum atomic E-state index is -2.66. The standard InChI is InChI=1S/C49H58F4N6O4/c1-29-18-40-38-6-4-5-7-43(38)55-47(40)48(59(29)26-44(52)53)46-41(50)21-32(22-42(46)51)31-10-8-30(9-11-31)23-57-16-14-36(15-17-57)58-24-33-19-35(27-60)39(20-34(33)25-58)49(63)56(3)37(28-61)12-13-45(62)54-2/h4-7,19-22,27-31,36-37,44,48,55H,8-18,23-26H2,1-3H3,(H,54,62)/t29-,30?,31?,37?,48?/m1/s1. The van der Waals surface area contributed by atoms with Crippen molar-refractivity contribution in [2.24, 2.45) is 5.92 Å². The number of hydrogen-bond donors (Lipinski definition) is 2.